The number of hydrogen-bond acceptors (Lipinski definition) is 1. The highest BCUT2D eigenvalue weighted by molar-refractivity contribution is 6.30. The molecule has 2 atom stereocenters. The van der Waals surface area contributed by atoms with E-state index in [4.69, 9.17) is 16.7 Å². The van der Waals surface area contributed by atoms with Gasteiger partial charge in [-0.2, -0.15) is 0 Å². The highest BCUT2D eigenvalue weighted by Gasteiger charge is 2.37. The van der Waals surface area contributed by atoms with Crippen molar-refractivity contribution in [3.63, 3.8) is 0 Å². The molecule has 0 unspecified atom stereocenters. The average Bonchev–Trinajstić information content (AvgIpc) is 2.88. The van der Waals surface area contributed by atoms with Crippen LogP contribution in [-0.4, -0.2) is 11.7 Å². The first-order valence-electron chi connectivity index (χ1n) is 4.28. The van der Waals surface area contributed by atoms with Crippen molar-refractivity contribution in [2.75, 3.05) is 6.61 Å². The van der Waals surface area contributed by atoms with Crippen molar-refractivity contribution < 1.29 is 9.50 Å². The molecule has 0 aliphatic heterocycles. The van der Waals surface area contributed by atoms with E-state index >= 15 is 0 Å². The Kier molecular flexibility index (Phi) is 2.26. The SMILES string of the molecule is OC[C@@H]1C[C@@H]1c1ccc(Cl)c(F)c1. The highest BCUT2D eigenvalue weighted by Crippen LogP contribution is 2.47. The summed E-state index contributed by atoms with van der Waals surface area (Å²) in [7, 11) is 0. The van der Waals surface area contributed by atoms with Crippen LogP contribution in [0.15, 0.2) is 18.2 Å². The van der Waals surface area contributed by atoms with Crippen LogP contribution in [0.3, 0.4) is 0 Å². The first kappa shape index (κ1) is 8.97. The number of aliphatic hydroxyl groups excluding tert-OH is 1. The number of rotatable bonds is 2. The molecule has 1 aromatic carbocycles. The van der Waals surface area contributed by atoms with Crippen molar-refractivity contribution in [2.45, 2.75) is 12.3 Å². The minimum Gasteiger partial charge on any atom is -0.396 e. The standard InChI is InChI=1S/C10H10ClFO/c11-9-2-1-6(4-10(9)12)8-3-7(8)5-13/h1-2,4,7-8,13H,3,5H2/t7-,8+/m0/s1. The highest BCUT2D eigenvalue weighted by atomic mass is 35.5. The van der Waals surface area contributed by atoms with Crippen molar-refractivity contribution in [2.24, 2.45) is 5.92 Å². The van der Waals surface area contributed by atoms with E-state index in [0.717, 1.165) is 12.0 Å². The van der Waals surface area contributed by atoms with Crippen molar-refractivity contribution >= 4 is 11.6 Å². The number of benzene rings is 1. The van der Waals surface area contributed by atoms with Crippen LogP contribution < -0.4 is 0 Å². The van der Waals surface area contributed by atoms with Gasteiger partial charge < -0.3 is 5.11 Å². The molecule has 0 heterocycles. The van der Waals surface area contributed by atoms with Crippen molar-refractivity contribution in [3.05, 3.63) is 34.6 Å². The molecule has 70 valence electrons. The monoisotopic (exact) mass is 200 g/mol. The van der Waals surface area contributed by atoms with E-state index < -0.39 is 0 Å². The molecule has 1 aliphatic carbocycles. The van der Waals surface area contributed by atoms with E-state index in [-0.39, 0.29) is 17.4 Å². The first-order valence-corrected chi connectivity index (χ1v) is 4.66. The quantitative estimate of drug-likeness (QED) is 0.778. The topological polar surface area (TPSA) is 20.2 Å². The molecule has 0 saturated heterocycles. The second-order valence-electron chi connectivity index (χ2n) is 3.46. The zero-order chi connectivity index (χ0) is 9.42. The molecule has 1 aromatic rings. The van der Waals surface area contributed by atoms with Gasteiger partial charge in [-0.15, -0.1) is 0 Å². The molecule has 1 aliphatic rings. The van der Waals surface area contributed by atoms with Gasteiger partial charge in [0.15, 0.2) is 0 Å². The Morgan fingerprint density at radius 1 is 1.54 bits per heavy atom. The molecule has 3 heteroatoms. The Morgan fingerprint density at radius 3 is 2.85 bits per heavy atom. The Balaban J connectivity index is 2.19. The largest absolute Gasteiger partial charge is 0.396 e. The lowest BCUT2D eigenvalue weighted by Gasteiger charge is -2.00. The van der Waals surface area contributed by atoms with Crippen molar-refractivity contribution in [3.8, 4) is 0 Å². The Morgan fingerprint density at radius 2 is 2.31 bits per heavy atom. The maximum Gasteiger partial charge on any atom is 0.142 e. The van der Waals surface area contributed by atoms with E-state index in [1.807, 2.05) is 6.07 Å². The summed E-state index contributed by atoms with van der Waals surface area (Å²) in [6, 6.07) is 4.85. The van der Waals surface area contributed by atoms with Gasteiger partial charge in [0.25, 0.3) is 0 Å². The summed E-state index contributed by atoms with van der Waals surface area (Å²) in [5.74, 6) is 0.278. The molecular formula is C10H10ClFO. The molecule has 0 radical (unpaired) electrons. The average molecular weight is 201 g/mol. The fourth-order valence-corrected chi connectivity index (χ4v) is 1.72. The van der Waals surface area contributed by atoms with Gasteiger partial charge in [0.1, 0.15) is 5.82 Å². The number of hydrogen-bond donors (Lipinski definition) is 1. The summed E-state index contributed by atoms with van der Waals surface area (Å²) in [6.45, 7) is 0.189. The third-order valence-electron chi connectivity index (χ3n) is 2.53. The molecule has 2 rings (SSSR count). The lowest BCUT2D eigenvalue weighted by molar-refractivity contribution is 0.274. The Bertz CT molecular complexity index is 327. The van der Waals surface area contributed by atoms with Gasteiger partial charge in [-0.05, 0) is 36.0 Å². The van der Waals surface area contributed by atoms with Crippen molar-refractivity contribution in [1.29, 1.82) is 0 Å². The van der Waals surface area contributed by atoms with Crippen LogP contribution in [-0.2, 0) is 0 Å². The van der Waals surface area contributed by atoms with E-state index in [9.17, 15) is 4.39 Å². The van der Waals surface area contributed by atoms with Crippen LogP contribution in [0.4, 0.5) is 4.39 Å². The van der Waals surface area contributed by atoms with Crippen LogP contribution in [0.1, 0.15) is 17.9 Å². The molecule has 1 nitrogen and oxygen atoms in total. The van der Waals surface area contributed by atoms with Gasteiger partial charge in [0.2, 0.25) is 0 Å². The van der Waals surface area contributed by atoms with Gasteiger partial charge >= 0.3 is 0 Å². The van der Waals surface area contributed by atoms with E-state index in [1.54, 1.807) is 6.07 Å². The predicted octanol–water partition coefficient (Wildman–Crippen LogP) is 2.57. The summed E-state index contributed by atoms with van der Waals surface area (Å²) in [5, 5.41) is 9.00. The molecule has 0 amide bonds. The fourth-order valence-electron chi connectivity index (χ4n) is 1.60. The van der Waals surface area contributed by atoms with E-state index in [2.05, 4.69) is 0 Å². The smallest absolute Gasteiger partial charge is 0.142 e. The minimum atomic E-state index is -0.372. The van der Waals surface area contributed by atoms with Crippen LogP contribution >= 0.6 is 11.6 Å². The summed E-state index contributed by atoms with van der Waals surface area (Å²) in [6.07, 6.45) is 0.956. The summed E-state index contributed by atoms with van der Waals surface area (Å²) < 4.78 is 13.0. The Hall–Kier alpha value is -0.600. The molecule has 1 N–H and O–H groups in total. The molecular weight excluding hydrogens is 191 g/mol. The lowest BCUT2D eigenvalue weighted by Crippen LogP contribution is -1.89. The molecule has 0 bridgehead atoms. The van der Waals surface area contributed by atoms with Gasteiger partial charge in [0.05, 0.1) is 5.02 Å². The summed E-state index contributed by atoms with van der Waals surface area (Å²) in [4.78, 5) is 0. The first-order chi connectivity index (χ1) is 6.22. The lowest BCUT2D eigenvalue weighted by atomic mass is 10.1. The molecule has 0 aromatic heterocycles. The maximum absolute atomic E-state index is 13.0. The minimum absolute atomic E-state index is 0.157. The van der Waals surface area contributed by atoms with Crippen LogP contribution in [0.5, 0.6) is 0 Å². The van der Waals surface area contributed by atoms with Crippen molar-refractivity contribution in [1.82, 2.24) is 0 Å². The van der Waals surface area contributed by atoms with Gasteiger partial charge in [-0.25, -0.2) is 4.39 Å². The van der Waals surface area contributed by atoms with E-state index in [0.29, 0.717) is 11.8 Å². The fraction of sp³-hybridized carbons (Fsp3) is 0.400. The second-order valence-corrected chi connectivity index (χ2v) is 3.87. The van der Waals surface area contributed by atoms with Gasteiger partial charge in [-0.3, -0.25) is 0 Å². The van der Waals surface area contributed by atoms with Gasteiger partial charge in [-0.1, -0.05) is 17.7 Å². The van der Waals surface area contributed by atoms with Crippen LogP contribution in [0, 0.1) is 11.7 Å². The predicted molar refractivity (Wildman–Crippen MR) is 49.3 cm³/mol. The summed E-state index contributed by atoms with van der Waals surface area (Å²) >= 11 is 5.55. The number of halogens is 2. The normalized spacial score (nSPS) is 26.1. The zero-order valence-electron chi connectivity index (χ0n) is 7.00. The third kappa shape index (κ3) is 1.69. The Labute approximate surface area is 81.1 Å². The van der Waals surface area contributed by atoms with Gasteiger partial charge in [0, 0.05) is 6.61 Å². The second kappa shape index (κ2) is 3.28. The molecule has 1 fully saturated rings. The van der Waals surface area contributed by atoms with Crippen LogP contribution in [0.2, 0.25) is 5.02 Å². The van der Waals surface area contributed by atoms with Crippen LogP contribution in [0.25, 0.3) is 0 Å². The molecule has 1 saturated carbocycles. The number of aliphatic hydroxyl groups is 1. The zero-order valence-corrected chi connectivity index (χ0v) is 7.76. The van der Waals surface area contributed by atoms with E-state index in [1.165, 1.54) is 6.07 Å². The maximum atomic E-state index is 13.0. The summed E-state index contributed by atoms with van der Waals surface area (Å²) in [5.41, 5.74) is 0.945. The molecule has 13 heavy (non-hydrogen) atoms. The molecule has 0 spiro atoms. The third-order valence-corrected chi connectivity index (χ3v) is 2.84.